The Balaban J connectivity index is 1.89. The number of hydrogen-bond acceptors (Lipinski definition) is 3. The zero-order chi connectivity index (χ0) is 14.9. The van der Waals surface area contributed by atoms with Crippen molar-refractivity contribution >= 4 is 10.9 Å². The molecule has 22 heavy (non-hydrogen) atoms. The first-order chi connectivity index (χ1) is 10.8. The second-order valence-electron chi connectivity index (χ2n) is 4.93. The molecule has 1 aromatic carbocycles. The lowest BCUT2D eigenvalue weighted by Crippen LogP contribution is -1.92. The summed E-state index contributed by atoms with van der Waals surface area (Å²) in [6.07, 6.45) is 4.69. The number of rotatable bonds is 2. The summed E-state index contributed by atoms with van der Waals surface area (Å²) < 4.78 is 13.1. The third kappa shape index (κ3) is 2.13. The minimum Gasteiger partial charge on any atom is -0.278 e. The summed E-state index contributed by atoms with van der Waals surface area (Å²) in [5, 5.41) is 7.99. The van der Waals surface area contributed by atoms with Crippen molar-refractivity contribution in [2.45, 2.75) is 0 Å². The normalized spacial score (nSPS) is 11.0. The summed E-state index contributed by atoms with van der Waals surface area (Å²) in [4.78, 5) is 8.55. The molecule has 0 aliphatic rings. The molecule has 4 aromatic rings. The highest BCUT2D eigenvalue weighted by Gasteiger charge is 2.10. The Labute approximate surface area is 125 Å². The highest BCUT2D eigenvalue weighted by molar-refractivity contribution is 5.87. The second-order valence-corrected chi connectivity index (χ2v) is 4.93. The summed E-state index contributed by atoms with van der Waals surface area (Å²) >= 11 is 0. The van der Waals surface area contributed by atoms with Crippen molar-refractivity contribution < 1.29 is 4.39 Å². The maximum Gasteiger partial charge on any atom is 0.141 e. The molecule has 0 atom stereocenters. The van der Waals surface area contributed by atoms with Crippen LogP contribution in [0.1, 0.15) is 0 Å². The summed E-state index contributed by atoms with van der Waals surface area (Å²) in [6, 6.07) is 12.9. The number of aromatic amines is 1. The number of pyridine rings is 2. The van der Waals surface area contributed by atoms with Gasteiger partial charge in [-0.15, -0.1) is 0 Å². The molecule has 106 valence electrons. The van der Waals surface area contributed by atoms with Crippen molar-refractivity contribution in [3.05, 3.63) is 66.9 Å². The fourth-order valence-corrected chi connectivity index (χ4v) is 2.47. The number of nitrogens with zero attached hydrogens (tertiary/aromatic N) is 3. The van der Waals surface area contributed by atoms with E-state index >= 15 is 0 Å². The zero-order valence-electron chi connectivity index (χ0n) is 11.5. The van der Waals surface area contributed by atoms with Gasteiger partial charge in [0.2, 0.25) is 0 Å². The molecule has 0 fully saturated rings. The van der Waals surface area contributed by atoms with Gasteiger partial charge < -0.3 is 0 Å². The fraction of sp³-hybridized carbons (Fsp3) is 0. The van der Waals surface area contributed by atoms with E-state index in [9.17, 15) is 4.39 Å². The van der Waals surface area contributed by atoms with Crippen LogP contribution >= 0.6 is 0 Å². The van der Waals surface area contributed by atoms with Gasteiger partial charge >= 0.3 is 0 Å². The quantitative estimate of drug-likeness (QED) is 0.610. The molecule has 5 heteroatoms. The second kappa shape index (κ2) is 5.04. The SMILES string of the molecule is Fc1ccc(-c2ncccc2-c2ccc3[nH]ncc3c2)nc1. The van der Waals surface area contributed by atoms with Crippen LogP contribution in [0, 0.1) is 5.82 Å². The average molecular weight is 290 g/mol. The molecule has 1 N–H and O–H groups in total. The minimum absolute atomic E-state index is 0.360. The number of H-pyrrole nitrogens is 1. The van der Waals surface area contributed by atoms with Crippen LogP contribution in [0.15, 0.2) is 61.1 Å². The lowest BCUT2D eigenvalue weighted by molar-refractivity contribution is 0.622. The number of aromatic nitrogens is 4. The highest BCUT2D eigenvalue weighted by atomic mass is 19.1. The molecule has 0 aliphatic carbocycles. The van der Waals surface area contributed by atoms with Crippen LogP contribution in [0.2, 0.25) is 0 Å². The lowest BCUT2D eigenvalue weighted by Gasteiger charge is -2.08. The Morgan fingerprint density at radius 2 is 1.91 bits per heavy atom. The van der Waals surface area contributed by atoms with Gasteiger partial charge in [0.15, 0.2) is 0 Å². The van der Waals surface area contributed by atoms with Crippen LogP contribution < -0.4 is 0 Å². The third-order valence-electron chi connectivity index (χ3n) is 3.53. The van der Waals surface area contributed by atoms with Gasteiger partial charge in [0.1, 0.15) is 5.82 Å². The predicted molar refractivity (Wildman–Crippen MR) is 82.5 cm³/mol. The maximum atomic E-state index is 13.1. The molecule has 3 heterocycles. The van der Waals surface area contributed by atoms with Gasteiger partial charge in [0.05, 0.1) is 29.3 Å². The first-order valence-electron chi connectivity index (χ1n) is 6.82. The molecule has 0 amide bonds. The Morgan fingerprint density at radius 3 is 2.77 bits per heavy atom. The molecule has 0 bridgehead atoms. The van der Waals surface area contributed by atoms with E-state index in [-0.39, 0.29) is 5.82 Å². The van der Waals surface area contributed by atoms with Gasteiger partial charge in [-0.2, -0.15) is 5.10 Å². The van der Waals surface area contributed by atoms with Gasteiger partial charge in [-0.3, -0.25) is 15.1 Å². The molecule has 0 aliphatic heterocycles. The monoisotopic (exact) mass is 290 g/mol. The van der Waals surface area contributed by atoms with Crippen LogP contribution in [0.25, 0.3) is 33.4 Å². The first-order valence-corrected chi connectivity index (χ1v) is 6.82. The van der Waals surface area contributed by atoms with Gasteiger partial charge in [-0.25, -0.2) is 4.39 Å². The van der Waals surface area contributed by atoms with E-state index in [2.05, 4.69) is 20.2 Å². The highest BCUT2D eigenvalue weighted by Crippen LogP contribution is 2.30. The molecule has 4 nitrogen and oxygen atoms in total. The van der Waals surface area contributed by atoms with E-state index in [1.165, 1.54) is 12.3 Å². The Morgan fingerprint density at radius 1 is 0.955 bits per heavy atom. The average Bonchev–Trinajstić information content (AvgIpc) is 3.03. The van der Waals surface area contributed by atoms with E-state index in [1.807, 2.05) is 30.3 Å². The van der Waals surface area contributed by atoms with Gasteiger partial charge in [-0.05, 0) is 35.9 Å². The van der Waals surface area contributed by atoms with Gasteiger partial charge in [0.25, 0.3) is 0 Å². The summed E-state index contributed by atoms with van der Waals surface area (Å²) in [5.41, 5.74) is 4.32. The van der Waals surface area contributed by atoms with Crippen LogP contribution in [-0.4, -0.2) is 20.2 Å². The summed E-state index contributed by atoms with van der Waals surface area (Å²) in [7, 11) is 0. The molecule has 0 spiro atoms. The van der Waals surface area contributed by atoms with Crippen LogP contribution in [0.4, 0.5) is 4.39 Å². The molecule has 0 saturated heterocycles. The van der Waals surface area contributed by atoms with Crippen molar-refractivity contribution in [2.75, 3.05) is 0 Å². The van der Waals surface area contributed by atoms with E-state index in [0.29, 0.717) is 5.69 Å². The molecular formula is C17H11FN4. The predicted octanol–water partition coefficient (Wildman–Crippen LogP) is 3.83. The molecule has 0 radical (unpaired) electrons. The number of benzene rings is 1. The Bertz CT molecular complexity index is 944. The number of hydrogen-bond donors (Lipinski definition) is 1. The van der Waals surface area contributed by atoms with Crippen LogP contribution in [0.3, 0.4) is 0 Å². The van der Waals surface area contributed by atoms with E-state index < -0.39 is 0 Å². The Kier molecular flexibility index (Phi) is 2.89. The van der Waals surface area contributed by atoms with Crippen molar-refractivity contribution in [2.24, 2.45) is 0 Å². The van der Waals surface area contributed by atoms with E-state index in [0.717, 1.165) is 27.7 Å². The number of fused-ring (bicyclic) bond motifs is 1. The summed E-state index contributed by atoms with van der Waals surface area (Å²) in [6.45, 7) is 0. The smallest absolute Gasteiger partial charge is 0.141 e. The van der Waals surface area contributed by atoms with E-state index in [1.54, 1.807) is 18.5 Å². The molecule has 0 saturated carbocycles. The number of halogens is 1. The van der Waals surface area contributed by atoms with Crippen molar-refractivity contribution in [1.29, 1.82) is 0 Å². The standard InChI is InChI=1S/C17H11FN4/c18-13-4-6-16(20-10-13)17-14(2-1-7-19-17)11-3-5-15-12(8-11)9-21-22-15/h1-10H,(H,21,22). The molecular weight excluding hydrogens is 279 g/mol. The van der Waals surface area contributed by atoms with Gasteiger partial charge in [0, 0.05) is 17.1 Å². The topological polar surface area (TPSA) is 54.5 Å². The lowest BCUT2D eigenvalue weighted by atomic mass is 10.0. The van der Waals surface area contributed by atoms with Crippen molar-refractivity contribution in [3.63, 3.8) is 0 Å². The molecule has 0 unspecified atom stereocenters. The maximum absolute atomic E-state index is 13.1. The molecule has 3 aromatic heterocycles. The first kappa shape index (κ1) is 12.6. The zero-order valence-corrected chi connectivity index (χ0v) is 11.5. The fourth-order valence-electron chi connectivity index (χ4n) is 2.47. The largest absolute Gasteiger partial charge is 0.278 e. The number of nitrogens with one attached hydrogen (secondary N) is 1. The summed E-state index contributed by atoms with van der Waals surface area (Å²) in [5.74, 6) is -0.360. The van der Waals surface area contributed by atoms with Gasteiger partial charge in [-0.1, -0.05) is 12.1 Å². The molecule has 4 rings (SSSR count). The van der Waals surface area contributed by atoms with Crippen LogP contribution in [0.5, 0.6) is 0 Å². The van der Waals surface area contributed by atoms with Crippen LogP contribution in [-0.2, 0) is 0 Å². The minimum atomic E-state index is -0.360. The Hall–Kier alpha value is -3.08. The van der Waals surface area contributed by atoms with Crippen molar-refractivity contribution in [1.82, 2.24) is 20.2 Å². The van der Waals surface area contributed by atoms with E-state index in [4.69, 9.17) is 0 Å². The third-order valence-corrected chi connectivity index (χ3v) is 3.53. The van der Waals surface area contributed by atoms with Crippen molar-refractivity contribution in [3.8, 4) is 22.5 Å².